The fourth-order valence-corrected chi connectivity index (χ4v) is 3.43. The smallest absolute Gasteiger partial charge is 0.171 e. The highest BCUT2D eigenvalue weighted by Gasteiger charge is 2.22. The molecule has 1 heterocycles. The highest BCUT2D eigenvalue weighted by molar-refractivity contribution is 7.80. The summed E-state index contributed by atoms with van der Waals surface area (Å²) in [6.07, 6.45) is 0. The Kier molecular flexibility index (Phi) is 6.80. The molecule has 0 spiro atoms. The first-order chi connectivity index (χ1) is 12.6. The van der Waals surface area contributed by atoms with Gasteiger partial charge in [0, 0.05) is 5.69 Å². The third-order valence-electron chi connectivity index (χ3n) is 4.38. The van der Waals surface area contributed by atoms with Crippen LogP contribution in [-0.4, -0.2) is 38.0 Å². The summed E-state index contributed by atoms with van der Waals surface area (Å²) in [5.41, 5.74) is 1.83. The van der Waals surface area contributed by atoms with Gasteiger partial charge in [0.1, 0.15) is 31.5 Å². The van der Waals surface area contributed by atoms with E-state index < -0.39 is 5.82 Å². The Hall–Kier alpha value is -1.73. The van der Waals surface area contributed by atoms with Gasteiger partial charge in [-0.15, -0.1) is 0 Å². The molecule has 0 unspecified atom stereocenters. The average molecular weight is 395 g/mol. The Labute approximate surface area is 163 Å². The lowest BCUT2D eigenvalue weighted by molar-refractivity contribution is -0.909. The highest BCUT2D eigenvalue weighted by atomic mass is 35.5. The fraction of sp³-hybridized carbons (Fsp3) is 0.316. The maximum atomic E-state index is 13.3. The topological polar surface area (TPSA) is 37.7 Å². The second-order valence-corrected chi connectivity index (χ2v) is 7.07. The molecule has 26 heavy (non-hydrogen) atoms. The van der Waals surface area contributed by atoms with Crippen LogP contribution >= 0.6 is 23.8 Å². The van der Waals surface area contributed by atoms with E-state index in [4.69, 9.17) is 28.6 Å². The molecule has 4 nitrogen and oxygen atoms in total. The molecule has 0 bridgehead atoms. The lowest BCUT2D eigenvalue weighted by Gasteiger charge is -2.29. The minimum absolute atomic E-state index is 0.0650. The summed E-state index contributed by atoms with van der Waals surface area (Å²) < 4.78 is 18.8. The molecule has 1 saturated heterocycles. The quantitative estimate of drug-likeness (QED) is 0.681. The monoisotopic (exact) mass is 394 g/mol. The van der Waals surface area contributed by atoms with Crippen molar-refractivity contribution in [1.29, 1.82) is 0 Å². The van der Waals surface area contributed by atoms with Crippen molar-refractivity contribution >= 4 is 34.6 Å². The molecule has 1 atom stereocenters. The Balaban J connectivity index is 1.67. The first-order valence-electron chi connectivity index (χ1n) is 8.60. The van der Waals surface area contributed by atoms with Crippen LogP contribution in [0.5, 0.6) is 0 Å². The van der Waals surface area contributed by atoms with E-state index in [-0.39, 0.29) is 11.1 Å². The molecule has 0 aliphatic carbocycles. The number of rotatable bonds is 5. The molecule has 138 valence electrons. The maximum absolute atomic E-state index is 13.3. The Morgan fingerprint density at radius 2 is 1.92 bits per heavy atom. The van der Waals surface area contributed by atoms with E-state index in [0.717, 1.165) is 32.8 Å². The Bertz CT molecular complexity index is 741. The van der Waals surface area contributed by atoms with E-state index in [1.165, 1.54) is 22.6 Å². The van der Waals surface area contributed by atoms with Gasteiger partial charge in [-0.1, -0.05) is 41.9 Å². The molecule has 3 N–H and O–H groups in total. The molecular formula is C19H22ClFN3OS+. The minimum Gasteiger partial charge on any atom is -0.370 e. The van der Waals surface area contributed by atoms with Gasteiger partial charge in [-0.2, -0.15) is 0 Å². The number of nitrogens with one attached hydrogen (secondary N) is 3. The van der Waals surface area contributed by atoms with Crippen molar-refractivity contribution in [3.63, 3.8) is 0 Å². The molecule has 0 saturated carbocycles. The number of ether oxygens (including phenoxy) is 1. The van der Waals surface area contributed by atoms with Crippen LogP contribution in [-0.2, 0) is 4.74 Å². The van der Waals surface area contributed by atoms with Crippen molar-refractivity contribution in [3.05, 3.63) is 64.9 Å². The second-order valence-electron chi connectivity index (χ2n) is 6.26. The lowest BCUT2D eigenvalue weighted by Crippen LogP contribution is -3.14. The van der Waals surface area contributed by atoms with Crippen LogP contribution < -0.4 is 15.5 Å². The highest BCUT2D eigenvalue weighted by Crippen LogP contribution is 2.19. The van der Waals surface area contributed by atoms with Crippen molar-refractivity contribution in [2.24, 2.45) is 0 Å². The van der Waals surface area contributed by atoms with Gasteiger partial charge in [-0.05, 0) is 36.0 Å². The zero-order valence-corrected chi connectivity index (χ0v) is 15.9. The first kappa shape index (κ1) is 19.0. The zero-order chi connectivity index (χ0) is 18.4. The maximum Gasteiger partial charge on any atom is 0.171 e. The molecule has 2 aromatic rings. The van der Waals surface area contributed by atoms with Crippen molar-refractivity contribution in [1.82, 2.24) is 5.32 Å². The molecular weight excluding hydrogens is 373 g/mol. The Morgan fingerprint density at radius 1 is 1.19 bits per heavy atom. The van der Waals surface area contributed by atoms with Gasteiger partial charge in [0.2, 0.25) is 0 Å². The standard InChI is InChI=1S/C19H21ClFN3OS/c20-16-12-15(6-7-17(16)21)22-19(26)23-18(14-4-2-1-3-5-14)13-24-8-10-25-11-9-24/h1-7,12,18H,8-11,13H2,(H2,22,23,26)/p+1/t18-/m1/s1. The average Bonchev–Trinajstić information content (AvgIpc) is 2.66. The number of halogens is 2. The van der Waals surface area contributed by atoms with E-state index in [2.05, 4.69) is 22.8 Å². The number of thiocarbonyl (C=S) groups is 1. The number of hydrogen-bond donors (Lipinski definition) is 3. The summed E-state index contributed by atoms with van der Waals surface area (Å²) in [5, 5.41) is 7.01. The van der Waals surface area contributed by atoms with Crippen LogP contribution in [0, 0.1) is 5.82 Å². The lowest BCUT2D eigenvalue weighted by atomic mass is 10.1. The summed E-state index contributed by atoms with van der Waals surface area (Å²) in [6, 6.07) is 14.8. The van der Waals surface area contributed by atoms with Crippen molar-refractivity contribution in [2.45, 2.75) is 6.04 Å². The third-order valence-corrected chi connectivity index (χ3v) is 4.89. The minimum atomic E-state index is -0.450. The van der Waals surface area contributed by atoms with Crippen LogP contribution in [0.4, 0.5) is 10.1 Å². The Morgan fingerprint density at radius 3 is 2.62 bits per heavy atom. The van der Waals surface area contributed by atoms with Gasteiger partial charge in [-0.25, -0.2) is 4.39 Å². The molecule has 1 fully saturated rings. The van der Waals surface area contributed by atoms with Gasteiger partial charge < -0.3 is 20.3 Å². The van der Waals surface area contributed by atoms with Gasteiger partial charge in [-0.3, -0.25) is 0 Å². The second kappa shape index (κ2) is 9.28. The third kappa shape index (κ3) is 5.38. The van der Waals surface area contributed by atoms with Gasteiger partial charge in [0.05, 0.1) is 18.2 Å². The van der Waals surface area contributed by atoms with Gasteiger partial charge in [0.15, 0.2) is 5.11 Å². The molecule has 3 rings (SSSR count). The van der Waals surface area contributed by atoms with Crippen molar-refractivity contribution in [3.8, 4) is 0 Å². The van der Waals surface area contributed by atoms with E-state index in [9.17, 15) is 4.39 Å². The van der Waals surface area contributed by atoms with Crippen molar-refractivity contribution < 1.29 is 14.0 Å². The molecule has 2 aromatic carbocycles. The molecule has 7 heteroatoms. The van der Waals surface area contributed by atoms with Crippen LogP contribution in [0.15, 0.2) is 48.5 Å². The molecule has 0 radical (unpaired) electrons. The van der Waals surface area contributed by atoms with Crippen molar-refractivity contribution in [2.75, 3.05) is 38.2 Å². The normalized spacial score (nSPS) is 16.1. The number of quaternary nitrogens is 1. The molecule has 0 aromatic heterocycles. The van der Waals surface area contributed by atoms with Crippen LogP contribution in [0.2, 0.25) is 5.02 Å². The van der Waals surface area contributed by atoms with Crippen LogP contribution in [0.25, 0.3) is 0 Å². The zero-order valence-electron chi connectivity index (χ0n) is 14.3. The fourth-order valence-electron chi connectivity index (χ4n) is 2.99. The summed E-state index contributed by atoms with van der Waals surface area (Å²) in [4.78, 5) is 1.48. The number of hydrogen-bond acceptors (Lipinski definition) is 2. The molecule has 1 aliphatic rings. The van der Waals surface area contributed by atoms with E-state index in [0.29, 0.717) is 10.8 Å². The SMILES string of the molecule is Fc1ccc(NC(=S)N[C@H](C[NH+]2CCOCC2)c2ccccc2)cc1Cl. The summed E-state index contributed by atoms with van der Waals surface area (Å²) in [5.74, 6) is -0.450. The van der Waals surface area contributed by atoms with Gasteiger partial charge >= 0.3 is 0 Å². The summed E-state index contributed by atoms with van der Waals surface area (Å²) in [7, 11) is 0. The summed E-state index contributed by atoms with van der Waals surface area (Å²) >= 11 is 11.3. The molecule has 0 amide bonds. The summed E-state index contributed by atoms with van der Waals surface area (Å²) in [6.45, 7) is 4.44. The first-order valence-corrected chi connectivity index (χ1v) is 9.39. The predicted octanol–water partition coefficient (Wildman–Crippen LogP) is 2.42. The van der Waals surface area contributed by atoms with E-state index in [1.807, 2.05) is 18.2 Å². The van der Waals surface area contributed by atoms with E-state index in [1.54, 1.807) is 6.07 Å². The largest absolute Gasteiger partial charge is 0.370 e. The van der Waals surface area contributed by atoms with Gasteiger partial charge in [0.25, 0.3) is 0 Å². The van der Waals surface area contributed by atoms with Crippen LogP contribution in [0.1, 0.15) is 11.6 Å². The number of anilines is 1. The van der Waals surface area contributed by atoms with E-state index >= 15 is 0 Å². The predicted molar refractivity (Wildman–Crippen MR) is 106 cm³/mol. The molecule has 1 aliphatic heterocycles. The van der Waals surface area contributed by atoms with Crippen LogP contribution in [0.3, 0.4) is 0 Å². The number of morpholine rings is 1. The number of benzene rings is 2.